The van der Waals surface area contributed by atoms with Crippen LogP contribution in [0.3, 0.4) is 0 Å². The van der Waals surface area contributed by atoms with Crippen molar-refractivity contribution in [3.63, 3.8) is 0 Å². The van der Waals surface area contributed by atoms with Crippen molar-refractivity contribution in [2.45, 2.75) is 0 Å². The number of carbonyl (C=O) groups excluding carboxylic acids is 2. The number of carbonyl (C=O) groups is 2. The quantitative estimate of drug-likeness (QED) is 0.730. The number of benzene rings is 1. The lowest BCUT2D eigenvalue weighted by Gasteiger charge is -2.33. The number of amides is 1. The fourth-order valence-corrected chi connectivity index (χ4v) is 3.56. The van der Waals surface area contributed by atoms with Gasteiger partial charge in [-0.15, -0.1) is 0 Å². The molecule has 0 aliphatic carbocycles. The van der Waals surface area contributed by atoms with Crippen LogP contribution < -0.4 is 0 Å². The summed E-state index contributed by atoms with van der Waals surface area (Å²) < 4.78 is 24.5. The van der Waals surface area contributed by atoms with E-state index < -0.39 is 10.0 Å². The maximum atomic E-state index is 12.8. The van der Waals surface area contributed by atoms with Crippen LogP contribution in [0, 0.1) is 0 Å². The van der Waals surface area contributed by atoms with E-state index in [0.29, 0.717) is 17.7 Å². The summed E-state index contributed by atoms with van der Waals surface area (Å²) >= 11 is 0. The topological polar surface area (TPSA) is 101 Å². The van der Waals surface area contributed by atoms with Crippen LogP contribution in [0.2, 0.25) is 0 Å². The first-order valence-corrected chi connectivity index (χ1v) is 9.87. The molecule has 0 saturated carbocycles. The van der Waals surface area contributed by atoms with Gasteiger partial charge in [0.1, 0.15) is 11.4 Å². The van der Waals surface area contributed by atoms with Crippen molar-refractivity contribution in [1.29, 1.82) is 0 Å². The van der Waals surface area contributed by atoms with E-state index in [4.69, 9.17) is 0 Å². The van der Waals surface area contributed by atoms with Crippen LogP contribution in [0.1, 0.15) is 21.0 Å². The number of sulfonamides is 1. The molecule has 0 spiro atoms. The van der Waals surface area contributed by atoms with E-state index in [9.17, 15) is 18.0 Å². The van der Waals surface area contributed by atoms with Crippen molar-refractivity contribution in [3.8, 4) is 11.4 Å². The van der Waals surface area contributed by atoms with Crippen molar-refractivity contribution in [2.24, 2.45) is 0 Å². The highest BCUT2D eigenvalue weighted by Crippen LogP contribution is 2.17. The van der Waals surface area contributed by atoms with Gasteiger partial charge in [-0.1, -0.05) is 30.3 Å². The summed E-state index contributed by atoms with van der Waals surface area (Å²) in [7, 11) is -3.27. The first-order chi connectivity index (χ1) is 12.4. The summed E-state index contributed by atoms with van der Waals surface area (Å²) in [5.74, 6) is -0.0471. The van der Waals surface area contributed by atoms with Gasteiger partial charge >= 0.3 is 0 Å². The molecule has 1 aliphatic heterocycles. The third-order valence-electron chi connectivity index (χ3n) is 4.11. The molecule has 0 N–H and O–H groups in total. The lowest BCUT2D eigenvalue weighted by molar-refractivity contribution is 0.0692. The Morgan fingerprint density at radius 1 is 1.08 bits per heavy atom. The van der Waals surface area contributed by atoms with Crippen LogP contribution in [0.5, 0.6) is 0 Å². The van der Waals surface area contributed by atoms with Gasteiger partial charge in [0, 0.05) is 31.7 Å². The number of hydrogen-bond donors (Lipinski definition) is 0. The van der Waals surface area contributed by atoms with Crippen molar-refractivity contribution in [1.82, 2.24) is 19.2 Å². The molecule has 0 bridgehead atoms. The minimum Gasteiger partial charge on any atom is -0.335 e. The Kier molecular flexibility index (Phi) is 5.10. The number of aromatic nitrogens is 2. The van der Waals surface area contributed by atoms with Crippen molar-refractivity contribution >= 4 is 22.2 Å². The van der Waals surface area contributed by atoms with Gasteiger partial charge in [0.15, 0.2) is 12.1 Å². The fraction of sp³-hybridized carbons (Fsp3) is 0.294. The first-order valence-electron chi connectivity index (χ1n) is 8.02. The Balaban J connectivity index is 1.85. The number of aldehydes is 1. The molecule has 1 saturated heterocycles. The highest BCUT2D eigenvalue weighted by Gasteiger charge is 2.27. The zero-order valence-corrected chi connectivity index (χ0v) is 15.0. The molecule has 0 atom stereocenters. The second-order valence-electron chi connectivity index (χ2n) is 5.94. The number of piperazine rings is 1. The SMILES string of the molecule is CS(=O)(=O)N1CCN(C(=O)c2cc(C=O)nc(-c3ccccc3)n2)CC1. The Bertz CT molecular complexity index is 923. The lowest BCUT2D eigenvalue weighted by atomic mass is 10.2. The largest absolute Gasteiger partial charge is 0.335 e. The summed E-state index contributed by atoms with van der Waals surface area (Å²) in [4.78, 5) is 34.0. The summed E-state index contributed by atoms with van der Waals surface area (Å²) in [6.45, 7) is 1.02. The Morgan fingerprint density at radius 3 is 2.31 bits per heavy atom. The van der Waals surface area contributed by atoms with Crippen molar-refractivity contribution < 1.29 is 18.0 Å². The molecule has 1 aromatic carbocycles. The number of nitrogens with zero attached hydrogens (tertiary/aromatic N) is 4. The molecule has 26 heavy (non-hydrogen) atoms. The average Bonchev–Trinajstić information content (AvgIpc) is 2.67. The van der Waals surface area contributed by atoms with Gasteiger partial charge in [0.25, 0.3) is 5.91 Å². The van der Waals surface area contributed by atoms with Gasteiger partial charge in [-0.25, -0.2) is 18.4 Å². The Hall–Kier alpha value is -2.65. The average molecular weight is 374 g/mol. The molecule has 136 valence electrons. The van der Waals surface area contributed by atoms with Crippen LogP contribution in [0.15, 0.2) is 36.4 Å². The number of rotatable bonds is 4. The molecular weight excluding hydrogens is 356 g/mol. The van der Waals surface area contributed by atoms with Crippen LogP contribution >= 0.6 is 0 Å². The second-order valence-corrected chi connectivity index (χ2v) is 7.92. The molecule has 8 nitrogen and oxygen atoms in total. The molecule has 1 aromatic heterocycles. The van der Waals surface area contributed by atoms with Crippen LogP contribution in [-0.4, -0.2) is 72.2 Å². The predicted molar refractivity (Wildman–Crippen MR) is 95.2 cm³/mol. The first kappa shape index (κ1) is 18.2. The zero-order valence-electron chi connectivity index (χ0n) is 14.2. The third kappa shape index (κ3) is 3.94. The summed E-state index contributed by atoms with van der Waals surface area (Å²) in [6, 6.07) is 10.4. The molecular formula is C17H18N4O4S. The van der Waals surface area contributed by atoms with E-state index in [0.717, 1.165) is 6.26 Å². The summed E-state index contributed by atoms with van der Waals surface area (Å²) in [6.07, 6.45) is 1.73. The van der Waals surface area contributed by atoms with Gasteiger partial charge in [-0.05, 0) is 6.07 Å². The Morgan fingerprint density at radius 2 is 1.73 bits per heavy atom. The standard InChI is InChI=1S/C17H18N4O4S/c1-26(24,25)21-9-7-20(8-10-21)17(23)15-11-14(12-22)18-16(19-15)13-5-3-2-4-6-13/h2-6,11-12H,7-10H2,1H3. The highest BCUT2D eigenvalue weighted by molar-refractivity contribution is 7.88. The summed E-state index contributed by atoms with van der Waals surface area (Å²) in [5, 5.41) is 0. The molecule has 1 aliphatic rings. The predicted octanol–water partition coefficient (Wildman–Crippen LogP) is 0.673. The normalized spacial score (nSPS) is 15.7. The molecule has 1 amide bonds. The van der Waals surface area contributed by atoms with E-state index in [1.165, 1.54) is 15.3 Å². The molecule has 1 fully saturated rings. The van der Waals surface area contributed by atoms with Crippen LogP contribution in [0.25, 0.3) is 11.4 Å². The molecule has 0 unspecified atom stereocenters. The zero-order chi connectivity index (χ0) is 18.7. The van der Waals surface area contributed by atoms with Crippen LogP contribution in [-0.2, 0) is 10.0 Å². The monoisotopic (exact) mass is 374 g/mol. The molecule has 2 aromatic rings. The van der Waals surface area contributed by atoms with Crippen LogP contribution in [0.4, 0.5) is 0 Å². The number of hydrogen-bond acceptors (Lipinski definition) is 6. The minimum absolute atomic E-state index is 0.119. The fourth-order valence-electron chi connectivity index (χ4n) is 2.74. The molecule has 2 heterocycles. The van der Waals surface area contributed by atoms with Gasteiger partial charge in [-0.2, -0.15) is 4.31 Å². The molecule has 3 rings (SSSR count). The van der Waals surface area contributed by atoms with Gasteiger partial charge < -0.3 is 4.90 Å². The summed E-state index contributed by atoms with van der Waals surface area (Å²) in [5.41, 5.74) is 0.942. The second kappa shape index (κ2) is 7.30. The van der Waals surface area contributed by atoms with E-state index in [2.05, 4.69) is 9.97 Å². The Labute approximate surface area is 151 Å². The molecule has 9 heteroatoms. The van der Waals surface area contributed by atoms with E-state index in [1.54, 1.807) is 12.1 Å². The highest BCUT2D eigenvalue weighted by atomic mass is 32.2. The maximum absolute atomic E-state index is 12.8. The molecule has 0 radical (unpaired) electrons. The van der Waals surface area contributed by atoms with Crippen molar-refractivity contribution in [3.05, 3.63) is 47.8 Å². The lowest BCUT2D eigenvalue weighted by Crippen LogP contribution is -2.50. The third-order valence-corrected chi connectivity index (χ3v) is 5.42. The van der Waals surface area contributed by atoms with Crippen molar-refractivity contribution in [2.75, 3.05) is 32.4 Å². The minimum atomic E-state index is -3.27. The van der Waals surface area contributed by atoms with E-state index in [1.807, 2.05) is 18.2 Å². The van der Waals surface area contributed by atoms with Gasteiger partial charge in [-0.3, -0.25) is 9.59 Å². The maximum Gasteiger partial charge on any atom is 0.272 e. The van der Waals surface area contributed by atoms with Gasteiger partial charge in [0.05, 0.1) is 6.26 Å². The van der Waals surface area contributed by atoms with E-state index >= 15 is 0 Å². The van der Waals surface area contributed by atoms with E-state index in [-0.39, 0.29) is 43.5 Å². The smallest absolute Gasteiger partial charge is 0.272 e. The van der Waals surface area contributed by atoms with Gasteiger partial charge in [0.2, 0.25) is 10.0 Å².